The minimum atomic E-state index is -2.22. The lowest BCUT2D eigenvalue weighted by atomic mass is 9.87. The fraction of sp³-hybridized carbons (Fsp3) is 0.490. The van der Waals surface area contributed by atoms with Crippen LogP contribution in [0.5, 0.6) is 23.0 Å². The minimum absolute atomic E-state index is 0.0370. The van der Waals surface area contributed by atoms with Gasteiger partial charge in [-0.1, -0.05) is 60.7 Å². The zero-order valence-corrected chi connectivity index (χ0v) is 79.3. The van der Waals surface area contributed by atoms with Crippen molar-refractivity contribution in [1.29, 1.82) is 0 Å². The molecule has 13 amide bonds. The summed E-state index contributed by atoms with van der Waals surface area (Å²) >= 11 is 0. The van der Waals surface area contributed by atoms with Gasteiger partial charge in [-0.3, -0.25) is 86.5 Å². The molecule has 43 heteroatoms. The number of nitrogens with one attached hydrogen (secondary N) is 5. The number of aliphatic hydroxyl groups is 2. The van der Waals surface area contributed by atoms with Crippen LogP contribution in [0.25, 0.3) is 0 Å². The van der Waals surface area contributed by atoms with E-state index < -0.39 is 237 Å². The summed E-state index contributed by atoms with van der Waals surface area (Å²) in [6, 6.07) is 8.86. The number of carbonyl (C=O) groups excluding carboxylic acids is 17. The van der Waals surface area contributed by atoms with Crippen molar-refractivity contribution in [1.82, 2.24) is 40.9 Å². The first-order chi connectivity index (χ1) is 67.4. The molecule has 4 aromatic rings. The molecule has 2 fully saturated rings. The highest BCUT2D eigenvalue weighted by molar-refractivity contribution is 6.19. The van der Waals surface area contributed by atoms with Crippen LogP contribution in [-0.4, -0.2) is 289 Å². The average molecular weight is 1960 g/mol. The predicted molar refractivity (Wildman–Crippen MR) is 501 cm³/mol. The van der Waals surface area contributed by atoms with E-state index in [9.17, 15) is 102 Å². The second kappa shape index (κ2) is 50.1. The van der Waals surface area contributed by atoms with Crippen molar-refractivity contribution in [2.75, 3.05) is 108 Å². The van der Waals surface area contributed by atoms with Gasteiger partial charge in [0.1, 0.15) is 36.7 Å². The van der Waals surface area contributed by atoms with Crippen molar-refractivity contribution < 1.29 is 144 Å². The normalized spacial score (nSPS) is 23.7. The third-order valence-electron chi connectivity index (χ3n) is 24.3. The molecule has 9 aliphatic heterocycles. The average Bonchev–Trinajstić information content (AvgIpc) is 1.60. The Labute approximate surface area is 812 Å². The Morgan fingerprint density at radius 3 is 1.32 bits per heavy atom. The number of fused-ring (bicyclic) bond motifs is 4. The number of methoxy groups -OCH3 is 2. The van der Waals surface area contributed by atoms with Gasteiger partial charge in [-0.05, 0) is 145 Å². The SMILES string of the molecule is C=C1C[C@H]2[C@H](O)N3C(=O)OCc4ccc(cc4)CC(=O)[C@H](CC(=O)O)CC(=O)[C@H](CCCCN)NC(=O)CCOCCNC(=O)C(N4C(=O)C=CC4=O)C(N4C(=O)C=CC4=O)C(=O)NCCOCCC(=O)N[C@@H](CCCCN)C(=O)C[C@@H](CC(=O)OC(C)(C)C)C(=O)Nc4ccc(cc4)COC(=O)N4c5cc(c(OC)cc5C(=O)N5CC(=C)C[C@H]5[C@@H]4O)OCCCCCOc4cc3c(cc4OC)C(=O)N2C1. The summed E-state index contributed by atoms with van der Waals surface area (Å²) in [6.07, 6.45) is -2.94. The van der Waals surface area contributed by atoms with E-state index in [0.29, 0.717) is 82.6 Å². The standard InChI is InChI=1S/C98H121N13O30/c1-56-41-70-94(129)108-68-50-77(75(133-6)48-64(68)92(127)106(70)52-56)137-35-13-8-14-36-138-78-51-69-65(49-76(78)134-7)93(128)107-53-57(2)42-71(107)95(130)109(69)97(132)140-55-60-21-23-63(24-22-60)103-89(124)62(47-86(123)141-98(3,4)5)45-74(114)67(16-10-12-32-100)105-80(116)30-38-136-40-34-102-91(126)88(111-83(119)27-28-84(111)120)87(110-81(117)25-26-82(110)118)90(125)101-33-39-135-37-29-79(115)104-66(15-9-11-31-99)73(113)44-61(46-85(121)122)72(112)43-58-17-19-59(20-18-58)54-139-96(108)131/h17-28,48-51,61-62,66-67,70-71,87-88,94-95,129-130H,1-2,8-16,29-47,52-55,99-100H2,3-7H3,(H,101,125)(H,102,126)(H,103,124)(H,104,115)(H,105,116)(H,121,122)/t61-,62-,66-,67-,70-,71-,87?,88?,94-,95-/m0/s1. The van der Waals surface area contributed by atoms with Crippen LogP contribution < -0.4 is 66.8 Å². The molecular formula is C98H121N13O30. The number of ketones is 3. The summed E-state index contributed by atoms with van der Waals surface area (Å²) in [5, 5.41) is 47.4. The predicted octanol–water partition coefficient (Wildman–Crippen LogP) is 4.11. The number of aliphatic hydroxyl groups excluding tert-OH is 2. The van der Waals surface area contributed by atoms with Crippen LogP contribution in [0.2, 0.25) is 0 Å². The van der Waals surface area contributed by atoms with E-state index in [2.05, 4.69) is 39.7 Å². The largest absolute Gasteiger partial charge is 0.493 e. The molecular weight excluding hydrogens is 1840 g/mol. The number of Topliss-reactive ketones (excluding diaryl/α,β-unsaturated/α-hetero) is 3. The van der Waals surface area contributed by atoms with Crippen LogP contribution in [0.1, 0.15) is 167 Å². The van der Waals surface area contributed by atoms with Crippen molar-refractivity contribution in [2.24, 2.45) is 23.3 Å². The van der Waals surface area contributed by atoms with Gasteiger partial charge in [0, 0.05) is 106 Å². The van der Waals surface area contributed by atoms with Gasteiger partial charge < -0.3 is 106 Å². The summed E-state index contributed by atoms with van der Waals surface area (Å²) < 4.78 is 52.7. The fourth-order valence-electron chi connectivity index (χ4n) is 17.3. The van der Waals surface area contributed by atoms with Crippen LogP contribution in [0.3, 0.4) is 0 Å². The lowest BCUT2D eigenvalue weighted by Crippen LogP contribution is -2.66. The number of anilines is 3. The van der Waals surface area contributed by atoms with E-state index in [1.165, 1.54) is 84.7 Å². The van der Waals surface area contributed by atoms with Gasteiger partial charge in [0.25, 0.3) is 35.4 Å². The molecule has 2 saturated heterocycles. The highest BCUT2D eigenvalue weighted by Gasteiger charge is 2.53. The van der Waals surface area contributed by atoms with Gasteiger partial charge >= 0.3 is 24.1 Å². The number of carbonyl (C=O) groups is 18. The monoisotopic (exact) mass is 1960 g/mol. The third-order valence-corrected chi connectivity index (χ3v) is 24.3. The van der Waals surface area contributed by atoms with Crippen molar-refractivity contribution in [3.63, 3.8) is 0 Å². The Balaban J connectivity index is 0.826. The Hall–Kier alpha value is -14.1. The maximum atomic E-state index is 14.7. The zero-order valence-electron chi connectivity index (χ0n) is 79.3. The zero-order chi connectivity index (χ0) is 102. The number of imide groups is 2. The van der Waals surface area contributed by atoms with E-state index in [4.69, 9.17) is 54.1 Å². The van der Waals surface area contributed by atoms with E-state index in [0.717, 1.165) is 34.1 Å². The number of nitrogens with two attached hydrogens (primary N) is 2. The summed E-state index contributed by atoms with van der Waals surface area (Å²) in [6.45, 7) is 10.5. The molecule has 0 spiro atoms. The van der Waals surface area contributed by atoms with Gasteiger partial charge in [-0.25, -0.2) is 19.4 Å². The Kier molecular flexibility index (Phi) is 38.1. The molecule has 12 N–H and O–H groups in total. The van der Waals surface area contributed by atoms with E-state index in [1.54, 1.807) is 32.9 Å². The number of aliphatic carboxylic acids is 1. The second-order valence-corrected chi connectivity index (χ2v) is 35.9. The van der Waals surface area contributed by atoms with Crippen LogP contribution in [0.4, 0.5) is 26.7 Å². The smallest absolute Gasteiger partial charge is 0.416 e. The summed E-state index contributed by atoms with van der Waals surface area (Å²) in [5.41, 5.74) is 12.9. The number of carboxylic acid groups (broad SMARTS) is 1. The lowest BCUT2D eigenvalue weighted by Gasteiger charge is -2.35. The number of hydrogen-bond acceptors (Lipinski definition) is 31. The number of rotatable bonds is 16. The number of unbranched alkanes of at least 4 members (excludes halogenated alkanes) is 2. The molecule has 0 radical (unpaired) electrons. The first kappa shape index (κ1) is 107. The molecule has 0 aliphatic carbocycles. The maximum absolute atomic E-state index is 14.7. The van der Waals surface area contributed by atoms with Crippen molar-refractivity contribution >= 4 is 124 Å². The molecule has 2 unspecified atom stereocenters. The molecule has 0 aromatic heterocycles. The molecule has 10 atom stereocenters. The lowest BCUT2D eigenvalue weighted by molar-refractivity contribution is -0.157. The number of ether oxygens (including phenoxy) is 9. The molecule has 9 aliphatic rings. The Bertz CT molecular complexity index is 5430. The highest BCUT2D eigenvalue weighted by Crippen LogP contribution is 2.45. The van der Waals surface area contributed by atoms with Crippen LogP contribution in [0, 0.1) is 11.8 Å². The fourth-order valence-corrected chi connectivity index (χ4v) is 17.3. The molecule has 758 valence electrons. The molecule has 13 rings (SSSR count). The number of nitrogens with zero attached hydrogens (tertiary/aromatic N) is 6. The molecule has 9 heterocycles. The van der Waals surface area contributed by atoms with Gasteiger partial charge in [0.05, 0.1) is 119 Å². The van der Waals surface area contributed by atoms with Crippen LogP contribution in [-0.2, 0) is 110 Å². The number of benzene rings is 4. The summed E-state index contributed by atoms with van der Waals surface area (Å²) in [7, 11) is 2.72. The van der Waals surface area contributed by atoms with Gasteiger partial charge in [0.2, 0.25) is 29.5 Å². The highest BCUT2D eigenvalue weighted by atomic mass is 16.6. The molecule has 141 heavy (non-hydrogen) atoms. The minimum Gasteiger partial charge on any atom is -0.493 e. The molecule has 4 aromatic carbocycles. The number of hydrogen-bond donors (Lipinski definition) is 10. The van der Waals surface area contributed by atoms with Gasteiger partial charge in [-0.2, -0.15) is 0 Å². The number of amides is 13. The quantitative estimate of drug-likeness (QED) is 0.0248. The molecule has 0 saturated carbocycles. The van der Waals surface area contributed by atoms with Crippen molar-refractivity contribution in [2.45, 2.75) is 204 Å². The topological polar surface area (TPSA) is 583 Å². The summed E-state index contributed by atoms with van der Waals surface area (Å²) in [4.78, 5) is 257. The van der Waals surface area contributed by atoms with Gasteiger partial charge in [0.15, 0.2) is 47.0 Å². The first-order valence-corrected chi connectivity index (χ1v) is 46.6. The first-order valence-electron chi connectivity index (χ1n) is 46.6. The van der Waals surface area contributed by atoms with E-state index in [1.807, 2.05) is 0 Å². The van der Waals surface area contributed by atoms with Gasteiger partial charge in [-0.15, -0.1) is 0 Å². The van der Waals surface area contributed by atoms with E-state index >= 15 is 0 Å². The molecule has 43 nitrogen and oxygen atoms in total. The Morgan fingerprint density at radius 2 is 0.908 bits per heavy atom. The second-order valence-electron chi connectivity index (χ2n) is 35.9. The van der Waals surface area contributed by atoms with Crippen LogP contribution in [0.15, 0.2) is 121 Å². The Morgan fingerprint density at radius 1 is 0.489 bits per heavy atom. The van der Waals surface area contributed by atoms with Crippen LogP contribution >= 0.6 is 0 Å². The number of esters is 1. The molecule has 8 bridgehead atoms. The summed E-state index contributed by atoms with van der Waals surface area (Å²) in [5.74, 6) is -16.7. The third kappa shape index (κ3) is 28.4. The maximum Gasteiger partial charge on any atom is 0.416 e. The van der Waals surface area contributed by atoms with Crippen molar-refractivity contribution in [3.05, 3.63) is 149 Å². The van der Waals surface area contributed by atoms with E-state index in [-0.39, 0.29) is 149 Å². The van der Waals surface area contributed by atoms with Crippen molar-refractivity contribution in [3.8, 4) is 23.0 Å². The number of carboxylic acids is 1.